The Kier molecular flexibility index (Phi) is 3.08. The van der Waals surface area contributed by atoms with Gasteiger partial charge in [0.1, 0.15) is 0 Å². The first kappa shape index (κ1) is 9.58. The molecule has 0 atom stereocenters. The highest BCUT2D eigenvalue weighted by Crippen LogP contribution is 2.11. The summed E-state index contributed by atoms with van der Waals surface area (Å²) in [6.07, 6.45) is 1.18. The van der Waals surface area contributed by atoms with Crippen LogP contribution < -0.4 is 5.32 Å². The van der Waals surface area contributed by atoms with E-state index in [2.05, 4.69) is 15.5 Å². The lowest BCUT2D eigenvalue weighted by Crippen LogP contribution is -2.22. The first-order valence-corrected chi connectivity index (χ1v) is 5.66. The zero-order valence-corrected chi connectivity index (χ0v) is 8.93. The summed E-state index contributed by atoms with van der Waals surface area (Å²) in [4.78, 5) is 4.36. The van der Waals surface area contributed by atoms with E-state index in [4.69, 9.17) is 4.52 Å². The average molecular weight is 211 g/mol. The van der Waals surface area contributed by atoms with E-state index in [9.17, 15) is 0 Å². The van der Waals surface area contributed by atoms with Gasteiger partial charge in [0.15, 0.2) is 10.9 Å². The van der Waals surface area contributed by atoms with Crippen molar-refractivity contribution < 1.29 is 4.52 Å². The van der Waals surface area contributed by atoms with Crippen molar-refractivity contribution in [1.29, 1.82) is 0 Å². The number of thioether (sulfide) groups is 1. The third-order valence-corrected chi connectivity index (χ3v) is 2.93. The normalized spacial score (nSPS) is 16.5. The number of aryl methyl sites for hydroxylation is 1. The Labute approximate surface area is 87.1 Å². The molecule has 4 nitrogen and oxygen atoms in total. The molecule has 1 aromatic heterocycles. The van der Waals surface area contributed by atoms with E-state index in [-0.39, 0.29) is 0 Å². The summed E-state index contributed by atoms with van der Waals surface area (Å²) in [7, 11) is 0. The third-order valence-electron chi connectivity index (χ3n) is 1.89. The first-order chi connectivity index (χ1) is 6.84. The van der Waals surface area contributed by atoms with Crippen LogP contribution in [-0.4, -0.2) is 22.6 Å². The van der Waals surface area contributed by atoms with Gasteiger partial charge in [-0.05, 0) is 13.3 Å². The van der Waals surface area contributed by atoms with Gasteiger partial charge in [-0.1, -0.05) is 16.9 Å². The van der Waals surface area contributed by atoms with E-state index < -0.39 is 0 Å². The second kappa shape index (κ2) is 4.50. The summed E-state index contributed by atoms with van der Waals surface area (Å²) >= 11 is 1.77. The minimum Gasteiger partial charge on any atom is -0.359 e. The molecule has 0 aromatic carbocycles. The number of nitrogens with zero attached hydrogens (tertiary/aromatic N) is 2. The van der Waals surface area contributed by atoms with Crippen molar-refractivity contribution in [3.8, 4) is 0 Å². The zero-order chi connectivity index (χ0) is 9.80. The Balaban J connectivity index is 1.84. The maximum Gasteiger partial charge on any atom is 0.156 e. The Morgan fingerprint density at radius 2 is 2.57 bits per heavy atom. The zero-order valence-electron chi connectivity index (χ0n) is 8.12. The largest absolute Gasteiger partial charge is 0.359 e. The van der Waals surface area contributed by atoms with Crippen molar-refractivity contribution in [3.63, 3.8) is 0 Å². The van der Waals surface area contributed by atoms with Crippen LogP contribution in [0.15, 0.2) is 15.6 Å². The van der Waals surface area contributed by atoms with E-state index in [1.807, 2.05) is 13.0 Å². The highest BCUT2D eigenvalue weighted by atomic mass is 32.2. The van der Waals surface area contributed by atoms with Gasteiger partial charge in [0.05, 0.1) is 12.2 Å². The molecule has 0 bridgehead atoms. The van der Waals surface area contributed by atoms with Gasteiger partial charge in [0.2, 0.25) is 0 Å². The molecule has 1 aromatic rings. The molecule has 2 rings (SSSR count). The standard InChI is InChI=1S/C9H13N3OS/c1-7-5-8(13-12-7)6-11-9-10-3-2-4-14-9/h5H,2-4,6H2,1H3,(H,10,11). The number of rotatable bonds is 2. The second-order valence-electron chi connectivity index (χ2n) is 3.18. The lowest BCUT2D eigenvalue weighted by Gasteiger charge is -2.11. The molecule has 76 valence electrons. The smallest absolute Gasteiger partial charge is 0.156 e. The summed E-state index contributed by atoms with van der Waals surface area (Å²) in [5.41, 5.74) is 0.917. The molecule has 0 aliphatic carbocycles. The van der Waals surface area contributed by atoms with Gasteiger partial charge in [-0.15, -0.1) is 0 Å². The van der Waals surface area contributed by atoms with E-state index in [1.165, 1.54) is 6.42 Å². The molecule has 0 amide bonds. The molecule has 14 heavy (non-hydrogen) atoms. The van der Waals surface area contributed by atoms with Crippen LogP contribution in [-0.2, 0) is 6.54 Å². The summed E-state index contributed by atoms with van der Waals surface area (Å²) in [5, 5.41) is 8.07. The molecule has 0 unspecified atom stereocenters. The number of aliphatic imine (C=N–C) groups is 1. The Morgan fingerprint density at radius 1 is 1.64 bits per heavy atom. The van der Waals surface area contributed by atoms with Crippen molar-refractivity contribution in [3.05, 3.63) is 17.5 Å². The quantitative estimate of drug-likeness (QED) is 0.806. The van der Waals surface area contributed by atoms with E-state index in [0.29, 0.717) is 6.54 Å². The number of nitrogens with one attached hydrogen (secondary N) is 1. The van der Waals surface area contributed by atoms with Crippen LogP contribution >= 0.6 is 11.8 Å². The van der Waals surface area contributed by atoms with Crippen molar-refractivity contribution in [2.24, 2.45) is 4.99 Å². The second-order valence-corrected chi connectivity index (χ2v) is 4.26. The van der Waals surface area contributed by atoms with Crippen LogP contribution in [0.4, 0.5) is 0 Å². The van der Waals surface area contributed by atoms with E-state index in [1.54, 1.807) is 11.8 Å². The highest BCUT2D eigenvalue weighted by molar-refractivity contribution is 8.13. The molecule has 2 heterocycles. The first-order valence-electron chi connectivity index (χ1n) is 4.68. The molecule has 0 radical (unpaired) electrons. The summed E-state index contributed by atoms with van der Waals surface area (Å²) in [5.74, 6) is 2.01. The monoisotopic (exact) mass is 211 g/mol. The fourth-order valence-corrected chi connectivity index (χ4v) is 2.05. The predicted octanol–water partition coefficient (Wildman–Crippen LogP) is 1.57. The molecule has 1 aliphatic rings. The molecular formula is C9H13N3OS. The number of amidine groups is 1. The third kappa shape index (κ3) is 2.51. The number of hydrogen-bond donors (Lipinski definition) is 1. The number of hydrogen-bond acceptors (Lipinski definition) is 5. The minimum absolute atomic E-state index is 0.673. The fraction of sp³-hybridized carbons (Fsp3) is 0.556. The SMILES string of the molecule is Cc1cc(CNC2=NCCCS2)on1. The summed E-state index contributed by atoms with van der Waals surface area (Å²) < 4.78 is 5.08. The predicted molar refractivity (Wildman–Crippen MR) is 57.5 cm³/mol. The van der Waals surface area contributed by atoms with E-state index in [0.717, 1.165) is 28.9 Å². The Morgan fingerprint density at radius 3 is 3.21 bits per heavy atom. The Hall–Kier alpha value is -0.970. The van der Waals surface area contributed by atoms with E-state index >= 15 is 0 Å². The van der Waals surface area contributed by atoms with Gasteiger partial charge in [-0.3, -0.25) is 4.99 Å². The van der Waals surface area contributed by atoms with Crippen LogP contribution in [0.25, 0.3) is 0 Å². The van der Waals surface area contributed by atoms with Gasteiger partial charge in [-0.2, -0.15) is 0 Å². The van der Waals surface area contributed by atoms with Gasteiger partial charge in [0.25, 0.3) is 0 Å². The van der Waals surface area contributed by atoms with Crippen LogP contribution in [0.3, 0.4) is 0 Å². The van der Waals surface area contributed by atoms with Crippen molar-refractivity contribution in [2.75, 3.05) is 12.3 Å². The maximum absolute atomic E-state index is 5.08. The molecule has 0 saturated heterocycles. The average Bonchev–Trinajstić information content (AvgIpc) is 2.63. The van der Waals surface area contributed by atoms with Gasteiger partial charge in [-0.25, -0.2) is 0 Å². The highest BCUT2D eigenvalue weighted by Gasteiger charge is 2.06. The summed E-state index contributed by atoms with van der Waals surface area (Å²) in [6, 6.07) is 1.93. The van der Waals surface area contributed by atoms with Crippen LogP contribution in [0.2, 0.25) is 0 Å². The van der Waals surface area contributed by atoms with Crippen molar-refractivity contribution in [2.45, 2.75) is 19.9 Å². The molecule has 0 fully saturated rings. The number of aromatic nitrogens is 1. The van der Waals surface area contributed by atoms with Gasteiger partial charge in [0, 0.05) is 18.4 Å². The van der Waals surface area contributed by atoms with Gasteiger partial charge >= 0.3 is 0 Å². The minimum atomic E-state index is 0.673. The topological polar surface area (TPSA) is 50.4 Å². The van der Waals surface area contributed by atoms with Crippen molar-refractivity contribution in [1.82, 2.24) is 10.5 Å². The van der Waals surface area contributed by atoms with Crippen LogP contribution in [0.5, 0.6) is 0 Å². The van der Waals surface area contributed by atoms with Crippen LogP contribution in [0, 0.1) is 6.92 Å². The fourth-order valence-electron chi connectivity index (χ4n) is 1.23. The van der Waals surface area contributed by atoms with Gasteiger partial charge < -0.3 is 9.84 Å². The van der Waals surface area contributed by atoms with Crippen molar-refractivity contribution >= 4 is 16.9 Å². The molecule has 0 saturated carbocycles. The molecule has 5 heteroatoms. The summed E-state index contributed by atoms with van der Waals surface area (Å²) in [6.45, 7) is 3.53. The molecule has 1 N–H and O–H groups in total. The maximum atomic E-state index is 5.08. The van der Waals surface area contributed by atoms with Crippen LogP contribution in [0.1, 0.15) is 17.9 Å². The molecular weight excluding hydrogens is 198 g/mol. The lowest BCUT2D eigenvalue weighted by molar-refractivity contribution is 0.377. The molecule has 0 spiro atoms. The lowest BCUT2D eigenvalue weighted by atomic mass is 10.4. The Bertz CT molecular complexity index is 335. The molecule has 1 aliphatic heterocycles.